The predicted octanol–water partition coefficient (Wildman–Crippen LogP) is 3.52. The molecule has 1 aromatic carbocycles. The Bertz CT molecular complexity index is 826. The van der Waals surface area contributed by atoms with Gasteiger partial charge in [0.05, 0.1) is 11.3 Å². The largest absolute Gasteiger partial charge is 0.416 e. The highest BCUT2D eigenvalue weighted by atomic mass is 19.4. The molecule has 4 nitrogen and oxygen atoms in total. The van der Waals surface area contributed by atoms with Crippen LogP contribution < -0.4 is 5.32 Å². The number of halogens is 3. The van der Waals surface area contributed by atoms with Crippen molar-refractivity contribution in [1.82, 2.24) is 15.1 Å². The Morgan fingerprint density at radius 2 is 2.00 bits per heavy atom. The van der Waals surface area contributed by atoms with E-state index < -0.39 is 11.7 Å². The number of benzene rings is 1. The zero-order chi connectivity index (χ0) is 19.1. The van der Waals surface area contributed by atoms with Crippen LogP contribution in [0.5, 0.6) is 0 Å². The molecule has 0 unspecified atom stereocenters. The molecular weight excluding hydrogens is 343 g/mol. The Balaban J connectivity index is 1.59. The SMILES string of the molecule is Cc1nn(C)c(C)c1CCNC(=O)[C@H]1C[C@H]1c1ccccc1C(F)(F)F. The van der Waals surface area contributed by atoms with Crippen LogP contribution in [0.1, 0.15) is 40.4 Å². The molecule has 26 heavy (non-hydrogen) atoms. The molecule has 7 heteroatoms. The molecule has 3 rings (SSSR count). The maximum Gasteiger partial charge on any atom is 0.416 e. The van der Waals surface area contributed by atoms with Crippen LogP contribution in [-0.2, 0) is 24.4 Å². The van der Waals surface area contributed by atoms with Gasteiger partial charge in [-0.2, -0.15) is 18.3 Å². The maximum atomic E-state index is 13.1. The summed E-state index contributed by atoms with van der Waals surface area (Å²) >= 11 is 0. The molecular formula is C19H22F3N3O. The van der Waals surface area contributed by atoms with Gasteiger partial charge in [-0.05, 0) is 49.8 Å². The molecule has 1 aliphatic carbocycles. The van der Waals surface area contributed by atoms with Crippen LogP contribution in [0.4, 0.5) is 13.2 Å². The highest BCUT2D eigenvalue weighted by Gasteiger charge is 2.47. The summed E-state index contributed by atoms with van der Waals surface area (Å²) in [5.41, 5.74) is 2.67. The molecule has 1 N–H and O–H groups in total. The van der Waals surface area contributed by atoms with Crippen LogP contribution in [0.25, 0.3) is 0 Å². The van der Waals surface area contributed by atoms with Gasteiger partial charge in [0.2, 0.25) is 5.91 Å². The first kappa shape index (κ1) is 18.5. The van der Waals surface area contributed by atoms with E-state index in [-0.39, 0.29) is 23.3 Å². The number of alkyl halides is 3. The zero-order valence-corrected chi connectivity index (χ0v) is 15.0. The van der Waals surface area contributed by atoms with Gasteiger partial charge in [0.15, 0.2) is 0 Å². The number of hydrogen-bond acceptors (Lipinski definition) is 2. The summed E-state index contributed by atoms with van der Waals surface area (Å²) < 4.78 is 41.2. The molecule has 1 saturated carbocycles. The van der Waals surface area contributed by atoms with E-state index in [1.54, 1.807) is 10.7 Å². The first-order valence-corrected chi connectivity index (χ1v) is 8.63. The van der Waals surface area contributed by atoms with E-state index in [1.165, 1.54) is 12.1 Å². The Morgan fingerprint density at radius 1 is 1.31 bits per heavy atom. The topological polar surface area (TPSA) is 46.9 Å². The first-order valence-electron chi connectivity index (χ1n) is 8.63. The van der Waals surface area contributed by atoms with Crippen LogP contribution in [0.2, 0.25) is 0 Å². The second-order valence-electron chi connectivity index (χ2n) is 6.85. The minimum atomic E-state index is -4.39. The third kappa shape index (κ3) is 3.61. The number of nitrogens with zero attached hydrogens (tertiary/aromatic N) is 2. The van der Waals surface area contributed by atoms with Gasteiger partial charge in [-0.15, -0.1) is 0 Å². The van der Waals surface area contributed by atoms with Crippen molar-refractivity contribution >= 4 is 5.91 Å². The van der Waals surface area contributed by atoms with Gasteiger partial charge in [-0.25, -0.2) is 0 Å². The smallest absolute Gasteiger partial charge is 0.356 e. The van der Waals surface area contributed by atoms with Crippen LogP contribution in [-0.4, -0.2) is 22.2 Å². The lowest BCUT2D eigenvalue weighted by atomic mass is 10.0. The molecule has 140 valence electrons. The lowest BCUT2D eigenvalue weighted by molar-refractivity contribution is -0.138. The van der Waals surface area contributed by atoms with E-state index in [2.05, 4.69) is 10.4 Å². The lowest BCUT2D eigenvalue weighted by Gasteiger charge is -2.12. The number of nitrogens with one attached hydrogen (secondary N) is 1. The fourth-order valence-electron chi connectivity index (χ4n) is 3.53. The summed E-state index contributed by atoms with van der Waals surface area (Å²) in [6.07, 6.45) is -3.27. The zero-order valence-electron chi connectivity index (χ0n) is 15.0. The third-order valence-electron chi connectivity index (χ3n) is 5.13. The normalized spacial score (nSPS) is 19.5. The fraction of sp³-hybridized carbons (Fsp3) is 0.474. The number of amides is 1. The van der Waals surface area contributed by atoms with Gasteiger partial charge in [0.1, 0.15) is 0 Å². The third-order valence-corrected chi connectivity index (χ3v) is 5.13. The molecule has 0 spiro atoms. The van der Waals surface area contributed by atoms with Crippen molar-refractivity contribution in [3.63, 3.8) is 0 Å². The molecule has 1 aliphatic rings. The Kier molecular flexibility index (Phi) is 4.82. The van der Waals surface area contributed by atoms with Crippen molar-refractivity contribution in [3.8, 4) is 0 Å². The number of hydrogen-bond donors (Lipinski definition) is 1. The second kappa shape index (κ2) is 6.78. The maximum absolute atomic E-state index is 13.1. The molecule has 1 heterocycles. The first-order chi connectivity index (χ1) is 12.2. The molecule has 1 fully saturated rings. The quantitative estimate of drug-likeness (QED) is 0.881. The van der Waals surface area contributed by atoms with Crippen molar-refractivity contribution in [1.29, 1.82) is 0 Å². The highest BCUT2D eigenvalue weighted by Crippen LogP contribution is 2.51. The van der Waals surface area contributed by atoms with Crippen molar-refractivity contribution < 1.29 is 18.0 Å². The average Bonchev–Trinajstić information content (AvgIpc) is 3.33. The molecule has 0 bridgehead atoms. The lowest BCUT2D eigenvalue weighted by Crippen LogP contribution is -2.28. The van der Waals surface area contributed by atoms with Crippen molar-refractivity contribution in [3.05, 3.63) is 52.3 Å². The second-order valence-corrected chi connectivity index (χ2v) is 6.85. The number of carbonyl (C=O) groups excluding carboxylic acids is 1. The average molecular weight is 365 g/mol. The van der Waals surface area contributed by atoms with Crippen molar-refractivity contribution in [2.75, 3.05) is 6.54 Å². The summed E-state index contributed by atoms with van der Waals surface area (Å²) in [5, 5.41) is 7.20. The Morgan fingerprint density at radius 3 is 2.62 bits per heavy atom. The fourth-order valence-corrected chi connectivity index (χ4v) is 3.53. The van der Waals surface area contributed by atoms with Gasteiger partial charge >= 0.3 is 6.18 Å². The molecule has 0 saturated heterocycles. The minimum absolute atomic E-state index is 0.175. The van der Waals surface area contributed by atoms with Gasteiger partial charge < -0.3 is 5.32 Å². The summed E-state index contributed by atoms with van der Waals surface area (Å²) in [6, 6.07) is 5.52. The summed E-state index contributed by atoms with van der Waals surface area (Å²) in [7, 11) is 1.87. The van der Waals surface area contributed by atoms with E-state index in [1.807, 2.05) is 20.9 Å². The van der Waals surface area contributed by atoms with Gasteiger partial charge in [0.25, 0.3) is 0 Å². The number of carbonyl (C=O) groups is 1. The van der Waals surface area contributed by atoms with Crippen molar-refractivity contribution in [2.24, 2.45) is 13.0 Å². The summed E-state index contributed by atoms with van der Waals surface area (Å²) in [4.78, 5) is 12.3. The monoisotopic (exact) mass is 365 g/mol. The van der Waals surface area contributed by atoms with Crippen LogP contribution in [0.15, 0.2) is 24.3 Å². The van der Waals surface area contributed by atoms with E-state index in [0.29, 0.717) is 19.4 Å². The number of aromatic nitrogens is 2. The molecule has 2 atom stereocenters. The van der Waals surface area contributed by atoms with Gasteiger partial charge in [-0.1, -0.05) is 18.2 Å². The molecule has 1 aromatic heterocycles. The van der Waals surface area contributed by atoms with Crippen molar-refractivity contribution in [2.45, 2.75) is 38.8 Å². The van der Waals surface area contributed by atoms with E-state index in [4.69, 9.17) is 0 Å². The summed E-state index contributed by atoms with van der Waals surface area (Å²) in [5.74, 6) is -0.907. The Hall–Kier alpha value is -2.31. The van der Waals surface area contributed by atoms with Gasteiger partial charge in [-0.3, -0.25) is 9.48 Å². The standard InChI is InChI=1S/C19H22F3N3O/c1-11-13(12(2)25(3)24-11)8-9-23-18(26)16-10-15(16)14-6-4-5-7-17(14)19(20,21)22/h4-7,15-16H,8-10H2,1-3H3,(H,23,26)/t15-,16-/m0/s1. The molecule has 0 aliphatic heterocycles. The molecule has 2 aromatic rings. The van der Waals surface area contributed by atoms with Crippen LogP contribution in [0, 0.1) is 19.8 Å². The summed E-state index contributed by atoms with van der Waals surface area (Å²) in [6.45, 7) is 4.35. The minimum Gasteiger partial charge on any atom is -0.356 e. The number of rotatable bonds is 5. The predicted molar refractivity (Wildman–Crippen MR) is 91.7 cm³/mol. The molecule has 0 radical (unpaired) electrons. The van der Waals surface area contributed by atoms with Crippen LogP contribution in [0.3, 0.4) is 0 Å². The van der Waals surface area contributed by atoms with E-state index >= 15 is 0 Å². The van der Waals surface area contributed by atoms with E-state index in [0.717, 1.165) is 23.0 Å². The highest BCUT2D eigenvalue weighted by molar-refractivity contribution is 5.83. The number of aryl methyl sites for hydroxylation is 2. The van der Waals surface area contributed by atoms with E-state index in [9.17, 15) is 18.0 Å². The van der Waals surface area contributed by atoms with Crippen LogP contribution >= 0.6 is 0 Å². The Labute approximate surface area is 150 Å². The molecule has 1 amide bonds. The van der Waals surface area contributed by atoms with Gasteiger partial charge in [0, 0.05) is 25.2 Å².